The molecule has 0 spiro atoms. The lowest BCUT2D eigenvalue weighted by Gasteiger charge is -2.05. The van der Waals surface area contributed by atoms with Gasteiger partial charge in [-0.25, -0.2) is 4.98 Å². The van der Waals surface area contributed by atoms with Crippen LogP contribution in [0.1, 0.15) is 0 Å². The number of anilines is 1. The smallest absolute Gasteiger partial charge is 0.119 e. The number of nitrogen functional groups attached to an aromatic ring is 1. The van der Waals surface area contributed by atoms with Crippen molar-refractivity contribution >= 4 is 52.4 Å². The maximum absolute atomic E-state index is 6.10. The lowest BCUT2D eigenvalue weighted by molar-refractivity contribution is 1.14. The van der Waals surface area contributed by atoms with Crippen molar-refractivity contribution < 1.29 is 0 Å². The summed E-state index contributed by atoms with van der Waals surface area (Å²) in [6.45, 7) is 0. The minimum Gasteiger partial charge on any atom is -0.397 e. The molecule has 19 heavy (non-hydrogen) atoms. The SMILES string of the molecule is Nc1cccnc1SCCSc1cc(Cl)ccc1Cl. The summed E-state index contributed by atoms with van der Waals surface area (Å²) >= 11 is 15.4. The van der Waals surface area contributed by atoms with Crippen LogP contribution in [-0.2, 0) is 0 Å². The number of thioether (sulfide) groups is 2. The molecule has 100 valence electrons. The highest BCUT2D eigenvalue weighted by Crippen LogP contribution is 2.31. The predicted molar refractivity (Wildman–Crippen MR) is 86.6 cm³/mol. The molecule has 1 aromatic heterocycles. The minimum absolute atomic E-state index is 0.702. The standard InChI is InChI=1S/C13H12Cl2N2S2/c14-9-3-4-10(15)12(8-9)18-6-7-19-13-11(16)2-1-5-17-13/h1-5,8H,6-7,16H2. The van der Waals surface area contributed by atoms with Crippen LogP contribution in [0.25, 0.3) is 0 Å². The van der Waals surface area contributed by atoms with E-state index in [2.05, 4.69) is 4.98 Å². The molecule has 0 fully saturated rings. The molecule has 1 aromatic carbocycles. The Labute approximate surface area is 131 Å². The summed E-state index contributed by atoms with van der Waals surface area (Å²) in [4.78, 5) is 5.24. The van der Waals surface area contributed by atoms with Crippen molar-refractivity contribution in [2.24, 2.45) is 0 Å². The van der Waals surface area contributed by atoms with Crippen LogP contribution in [0.3, 0.4) is 0 Å². The van der Waals surface area contributed by atoms with Crippen LogP contribution in [0.4, 0.5) is 5.69 Å². The molecule has 0 aliphatic heterocycles. The second-order valence-corrected chi connectivity index (χ2v) is 6.73. The fourth-order valence-corrected chi connectivity index (χ4v) is 3.79. The third-order valence-corrected chi connectivity index (χ3v) is 5.29. The summed E-state index contributed by atoms with van der Waals surface area (Å²) in [7, 11) is 0. The lowest BCUT2D eigenvalue weighted by atomic mass is 10.4. The molecule has 0 bridgehead atoms. The Bertz CT molecular complexity index is 564. The molecular formula is C13H12Cl2N2S2. The zero-order valence-corrected chi connectivity index (χ0v) is 13.1. The highest BCUT2D eigenvalue weighted by atomic mass is 35.5. The highest BCUT2D eigenvalue weighted by Gasteiger charge is 2.04. The van der Waals surface area contributed by atoms with E-state index in [1.165, 1.54) is 0 Å². The summed E-state index contributed by atoms with van der Waals surface area (Å²) in [6, 6.07) is 9.18. The first kappa shape index (κ1) is 14.9. The normalized spacial score (nSPS) is 10.6. The monoisotopic (exact) mass is 330 g/mol. The molecule has 0 atom stereocenters. The van der Waals surface area contributed by atoms with Crippen LogP contribution in [0.2, 0.25) is 10.0 Å². The molecule has 0 aliphatic carbocycles. The number of hydrogen-bond acceptors (Lipinski definition) is 4. The van der Waals surface area contributed by atoms with E-state index in [0.717, 1.165) is 32.1 Å². The van der Waals surface area contributed by atoms with Gasteiger partial charge in [0, 0.05) is 27.6 Å². The summed E-state index contributed by atoms with van der Waals surface area (Å²) in [5, 5.41) is 2.31. The first-order valence-corrected chi connectivity index (χ1v) is 8.30. The van der Waals surface area contributed by atoms with Gasteiger partial charge in [0.1, 0.15) is 5.03 Å². The lowest BCUT2D eigenvalue weighted by Crippen LogP contribution is -1.93. The fraction of sp³-hybridized carbons (Fsp3) is 0.154. The van der Waals surface area contributed by atoms with Crippen LogP contribution in [0.5, 0.6) is 0 Å². The second-order valence-electron chi connectivity index (χ2n) is 3.67. The topological polar surface area (TPSA) is 38.9 Å². The second kappa shape index (κ2) is 7.29. The molecule has 2 rings (SSSR count). The Kier molecular flexibility index (Phi) is 5.70. The van der Waals surface area contributed by atoms with Gasteiger partial charge in [0.2, 0.25) is 0 Å². The van der Waals surface area contributed by atoms with E-state index >= 15 is 0 Å². The van der Waals surface area contributed by atoms with E-state index in [1.54, 1.807) is 35.8 Å². The summed E-state index contributed by atoms with van der Waals surface area (Å²) < 4.78 is 0. The molecule has 0 radical (unpaired) electrons. The van der Waals surface area contributed by atoms with Gasteiger partial charge in [0.15, 0.2) is 0 Å². The van der Waals surface area contributed by atoms with Crippen molar-refractivity contribution in [2.45, 2.75) is 9.92 Å². The van der Waals surface area contributed by atoms with Gasteiger partial charge in [-0.2, -0.15) is 0 Å². The first-order valence-electron chi connectivity index (χ1n) is 5.58. The molecule has 0 aliphatic rings. The van der Waals surface area contributed by atoms with Crippen molar-refractivity contribution in [3.63, 3.8) is 0 Å². The molecule has 2 aromatic rings. The maximum Gasteiger partial charge on any atom is 0.119 e. The Hall–Kier alpha value is -0.550. The van der Waals surface area contributed by atoms with E-state index in [-0.39, 0.29) is 0 Å². The number of nitrogens with two attached hydrogens (primary N) is 1. The highest BCUT2D eigenvalue weighted by molar-refractivity contribution is 8.03. The predicted octanol–water partition coefficient (Wildman–Crippen LogP) is 4.86. The molecule has 2 nitrogen and oxygen atoms in total. The Balaban J connectivity index is 1.84. The molecule has 0 saturated heterocycles. The Morgan fingerprint density at radius 3 is 2.68 bits per heavy atom. The van der Waals surface area contributed by atoms with E-state index in [0.29, 0.717) is 5.02 Å². The van der Waals surface area contributed by atoms with Gasteiger partial charge < -0.3 is 5.73 Å². The Morgan fingerprint density at radius 1 is 1.11 bits per heavy atom. The van der Waals surface area contributed by atoms with Gasteiger partial charge in [-0.1, -0.05) is 23.2 Å². The van der Waals surface area contributed by atoms with Gasteiger partial charge in [-0.15, -0.1) is 23.5 Å². The number of rotatable bonds is 5. The zero-order chi connectivity index (χ0) is 13.7. The van der Waals surface area contributed by atoms with Gasteiger partial charge in [0.25, 0.3) is 0 Å². The summed E-state index contributed by atoms with van der Waals surface area (Å²) in [5.41, 5.74) is 6.55. The number of aromatic nitrogens is 1. The van der Waals surface area contributed by atoms with E-state index in [4.69, 9.17) is 28.9 Å². The number of nitrogens with zero attached hydrogens (tertiary/aromatic N) is 1. The number of benzene rings is 1. The third kappa shape index (κ3) is 4.49. The fourth-order valence-electron chi connectivity index (χ4n) is 1.40. The average Bonchev–Trinajstić information content (AvgIpc) is 2.40. The molecule has 2 N–H and O–H groups in total. The van der Waals surface area contributed by atoms with Crippen LogP contribution < -0.4 is 5.73 Å². The molecule has 6 heteroatoms. The number of halogens is 2. The van der Waals surface area contributed by atoms with Crippen molar-refractivity contribution in [1.29, 1.82) is 0 Å². The molecule has 1 heterocycles. The Morgan fingerprint density at radius 2 is 1.89 bits per heavy atom. The van der Waals surface area contributed by atoms with Crippen LogP contribution >= 0.6 is 46.7 Å². The van der Waals surface area contributed by atoms with E-state index in [1.807, 2.05) is 24.3 Å². The third-order valence-electron chi connectivity index (χ3n) is 2.27. The first-order chi connectivity index (χ1) is 9.16. The average molecular weight is 331 g/mol. The maximum atomic E-state index is 6.10. The largest absolute Gasteiger partial charge is 0.397 e. The minimum atomic E-state index is 0.702. The summed E-state index contributed by atoms with van der Waals surface area (Å²) in [5.74, 6) is 1.83. The molecule has 0 amide bonds. The quantitative estimate of drug-likeness (QED) is 0.628. The number of pyridine rings is 1. The van der Waals surface area contributed by atoms with E-state index < -0.39 is 0 Å². The molecular weight excluding hydrogens is 319 g/mol. The molecule has 0 unspecified atom stereocenters. The van der Waals surface area contributed by atoms with Crippen molar-refractivity contribution in [2.75, 3.05) is 17.2 Å². The van der Waals surface area contributed by atoms with Crippen molar-refractivity contribution in [3.05, 3.63) is 46.6 Å². The van der Waals surface area contributed by atoms with Gasteiger partial charge in [-0.05, 0) is 30.3 Å². The van der Waals surface area contributed by atoms with Gasteiger partial charge in [0.05, 0.1) is 10.7 Å². The summed E-state index contributed by atoms with van der Waals surface area (Å²) in [6.07, 6.45) is 1.75. The van der Waals surface area contributed by atoms with Crippen LogP contribution in [0.15, 0.2) is 46.5 Å². The van der Waals surface area contributed by atoms with Crippen LogP contribution in [-0.4, -0.2) is 16.5 Å². The number of hydrogen-bond donors (Lipinski definition) is 1. The van der Waals surface area contributed by atoms with Gasteiger partial charge in [-0.3, -0.25) is 0 Å². The zero-order valence-electron chi connectivity index (χ0n) is 9.98. The van der Waals surface area contributed by atoms with Gasteiger partial charge >= 0.3 is 0 Å². The van der Waals surface area contributed by atoms with Crippen molar-refractivity contribution in [3.8, 4) is 0 Å². The van der Waals surface area contributed by atoms with E-state index in [9.17, 15) is 0 Å². The van der Waals surface area contributed by atoms with Crippen LogP contribution in [0, 0.1) is 0 Å². The van der Waals surface area contributed by atoms with Crippen molar-refractivity contribution in [1.82, 2.24) is 4.98 Å². The molecule has 0 saturated carbocycles.